The maximum atomic E-state index is 13.6. The number of hydrogen-bond acceptors (Lipinski definition) is 2. The molecule has 0 aliphatic carbocycles. The van der Waals surface area contributed by atoms with E-state index in [1.54, 1.807) is 0 Å². The van der Waals surface area contributed by atoms with Crippen molar-refractivity contribution in [2.45, 2.75) is 6.18 Å². The summed E-state index contributed by atoms with van der Waals surface area (Å²) in [6.45, 7) is 0. The number of hydrogen-bond donors (Lipinski definition) is 1. The Morgan fingerprint density at radius 1 is 1.10 bits per heavy atom. The summed E-state index contributed by atoms with van der Waals surface area (Å²) < 4.78 is 56.5. The summed E-state index contributed by atoms with van der Waals surface area (Å²) in [5.74, 6) is -1.44. The molecule has 0 saturated heterocycles. The van der Waals surface area contributed by atoms with Gasteiger partial charge in [-0.1, -0.05) is 29.3 Å². The van der Waals surface area contributed by atoms with E-state index < -0.39 is 22.6 Å². The van der Waals surface area contributed by atoms with Crippen LogP contribution < -0.4 is 10.5 Å². The number of halogens is 6. The van der Waals surface area contributed by atoms with E-state index in [2.05, 4.69) is 0 Å². The molecule has 0 amide bonds. The van der Waals surface area contributed by atoms with Gasteiger partial charge in [0.15, 0.2) is 11.6 Å². The van der Waals surface area contributed by atoms with Gasteiger partial charge in [-0.2, -0.15) is 13.2 Å². The number of benzene rings is 2. The van der Waals surface area contributed by atoms with E-state index in [1.807, 2.05) is 0 Å². The molecule has 0 bridgehead atoms. The quantitative estimate of drug-likeness (QED) is 0.443. The molecule has 0 aliphatic rings. The molecule has 0 fully saturated rings. The molecule has 8 heteroatoms. The van der Waals surface area contributed by atoms with Crippen molar-refractivity contribution in [2.75, 3.05) is 5.73 Å². The van der Waals surface area contributed by atoms with Gasteiger partial charge < -0.3 is 10.5 Å². The van der Waals surface area contributed by atoms with Crippen LogP contribution in [0.2, 0.25) is 10.0 Å². The van der Waals surface area contributed by atoms with Gasteiger partial charge in [-0.25, -0.2) is 4.39 Å². The summed E-state index contributed by atoms with van der Waals surface area (Å²) in [4.78, 5) is 0. The number of nitrogen functional groups attached to an aromatic ring is 1. The van der Waals surface area contributed by atoms with Crippen LogP contribution in [0.25, 0.3) is 0 Å². The zero-order valence-electron chi connectivity index (χ0n) is 10.1. The minimum Gasteiger partial charge on any atom is -0.454 e. The molecular weight excluding hydrogens is 333 g/mol. The van der Waals surface area contributed by atoms with Gasteiger partial charge in [0.1, 0.15) is 10.8 Å². The van der Waals surface area contributed by atoms with Gasteiger partial charge in [0.05, 0.1) is 16.3 Å². The summed E-state index contributed by atoms with van der Waals surface area (Å²) in [7, 11) is 0. The molecule has 0 atom stereocenters. The zero-order valence-corrected chi connectivity index (χ0v) is 11.7. The summed E-state index contributed by atoms with van der Waals surface area (Å²) in [6.07, 6.45) is -4.53. The van der Waals surface area contributed by atoms with Crippen LogP contribution in [0.1, 0.15) is 5.56 Å². The van der Waals surface area contributed by atoms with Gasteiger partial charge in [-0.15, -0.1) is 0 Å². The van der Waals surface area contributed by atoms with Crippen LogP contribution in [0.15, 0.2) is 30.3 Å². The van der Waals surface area contributed by atoms with Gasteiger partial charge >= 0.3 is 6.18 Å². The lowest BCUT2D eigenvalue weighted by Crippen LogP contribution is -2.04. The Morgan fingerprint density at radius 3 is 2.38 bits per heavy atom. The first-order valence-electron chi connectivity index (χ1n) is 5.48. The summed E-state index contributed by atoms with van der Waals surface area (Å²) in [5, 5.41) is -0.617. The third kappa shape index (κ3) is 3.33. The van der Waals surface area contributed by atoms with E-state index in [9.17, 15) is 17.6 Å². The van der Waals surface area contributed by atoms with Gasteiger partial charge in [-0.3, -0.25) is 0 Å². The Balaban J connectivity index is 2.42. The van der Waals surface area contributed by atoms with E-state index in [4.69, 9.17) is 33.7 Å². The zero-order chi connectivity index (χ0) is 15.8. The smallest absolute Gasteiger partial charge is 0.416 e. The van der Waals surface area contributed by atoms with Crippen molar-refractivity contribution in [3.63, 3.8) is 0 Å². The fourth-order valence-corrected chi connectivity index (χ4v) is 2.09. The average Bonchev–Trinajstić information content (AvgIpc) is 2.41. The molecule has 0 unspecified atom stereocenters. The van der Waals surface area contributed by atoms with Gasteiger partial charge in [0, 0.05) is 0 Å². The highest BCUT2D eigenvalue weighted by molar-refractivity contribution is 6.37. The van der Waals surface area contributed by atoms with E-state index in [1.165, 1.54) is 6.07 Å². The molecule has 2 aromatic rings. The first kappa shape index (κ1) is 15.7. The lowest BCUT2D eigenvalue weighted by atomic mass is 10.2. The Labute approximate surface area is 127 Å². The number of rotatable bonds is 2. The van der Waals surface area contributed by atoms with Gasteiger partial charge in [-0.05, 0) is 24.3 Å². The number of nitrogens with two attached hydrogens (primary N) is 1. The summed E-state index contributed by atoms with van der Waals surface area (Å²) in [5.41, 5.74) is 4.11. The van der Waals surface area contributed by atoms with Crippen LogP contribution in [0.3, 0.4) is 0 Å². The molecular formula is C13H7Cl2F4NO. The van der Waals surface area contributed by atoms with E-state index >= 15 is 0 Å². The van der Waals surface area contributed by atoms with Crippen molar-refractivity contribution in [2.24, 2.45) is 0 Å². The molecule has 21 heavy (non-hydrogen) atoms. The molecule has 0 aliphatic heterocycles. The third-order valence-electron chi connectivity index (χ3n) is 2.53. The van der Waals surface area contributed by atoms with Crippen molar-refractivity contribution < 1.29 is 22.3 Å². The fraction of sp³-hybridized carbons (Fsp3) is 0.0769. The van der Waals surface area contributed by atoms with E-state index in [0.29, 0.717) is 0 Å². The predicted octanol–water partition coefficient (Wildman–Crippen LogP) is 5.53. The molecule has 0 aromatic heterocycles. The normalized spacial score (nSPS) is 11.5. The van der Waals surface area contributed by atoms with Crippen LogP contribution in [-0.4, -0.2) is 0 Å². The second kappa shape index (κ2) is 5.61. The molecule has 0 saturated carbocycles. The lowest BCUT2D eigenvalue weighted by Gasteiger charge is -2.13. The maximum Gasteiger partial charge on any atom is 0.416 e. The largest absolute Gasteiger partial charge is 0.454 e. The van der Waals surface area contributed by atoms with Gasteiger partial charge in [0.25, 0.3) is 0 Å². The topological polar surface area (TPSA) is 35.2 Å². The minimum atomic E-state index is -4.53. The number of anilines is 1. The first-order chi connectivity index (χ1) is 9.70. The van der Waals surface area contributed by atoms with Crippen molar-refractivity contribution in [1.82, 2.24) is 0 Å². The van der Waals surface area contributed by atoms with Crippen LogP contribution >= 0.6 is 23.2 Å². The van der Waals surface area contributed by atoms with Crippen LogP contribution in [0.5, 0.6) is 11.5 Å². The fourth-order valence-electron chi connectivity index (χ4n) is 1.54. The van der Waals surface area contributed by atoms with E-state index in [0.717, 1.165) is 24.3 Å². The monoisotopic (exact) mass is 339 g/mol. The molecule has 0 radical (unpaired) electrons. The van der Waals surface area contributed by atoms with Gasteiger partial charge in [0.2, 0.25) is 0 Å². The summed E-state index contributed by atoms with van der Waals surface area (Å²) >= 11 is 11.5. The van der Waals surface area contributed by atoms with Crippen LogP contribution in [0.4, 0.5) is 23.2 Å². The maximum absolute atomic E-state index is 13.6. The Bertz CT molecular complexity index is 689. The molecule has 2 nitrogen and oxygen atoms in total. The highest BCUT2D eigenvalue weighted by atomic mass is 35.5. The van der Waals surface area contributed by atoms with Crippen molar-refractivity contribution in [3.8, 4) is 11.5 Å². The summed E-state index contributed by atoms with van der Waals surface area (Å²) in [6, 6.07) is 5.09. The third-order valence-corrected chi connectivity index (χ3v) is 3.14. The predicted molar refractivity (Wildman–Crippen MR) is 72.4 cm³/mol. The second-order valence-electron chi connectivity index (χ2n) is 4.03. The second-order valence-corrected chi connectivity index (χ2v) is 4.82. The molecule has 112 valence electrons. The Hall–Kier alpha value is -1.66. The number of ether oxygens (including phenoxy) is 1. The van der Waals surface area contributed by atoms with Crippen molar-refractivity contribution in [3.05, 3.63) is 51.8 Å². The number of alkyl halides is 3. The molecule has 0 spiro atoms. The molecule has 2 N–H and O–H groups in total. The average molecular weight is 340 g/mol. The van der Waals surface area contributed by atoms with Crippen LogP contribution in [-0.2, 0) is 6.18 Å². The molecule has 2 rings (SSSR count). The van der Waals surface area contributed by atoms with Crippen molar-refractivity contribution >= 4 is 28.9 Å². The highest BCUT2D eigenvalue weighted by Gasteiger charge is 2.30. The Kier molecular flexibility index (Phi) is 4.20. The molecule has 0 heterocycles. The SMILES string of the molecule is Nc1cc(Cl)c(Oc2cccc(C(F)(F)F)c2)c(Cl)c1F. The molecule has 2 aromatic carbocycles. The highest BCUT2D eigenvalue weighted by Crippen LogP contribution is 2.41. The standard InChI is InChI=1S/C13H7Cl2F4NO/c14-8-5-9(20)11(16)10(15)12(8)21-7-3-1-2-6(4-7)13(17,18)19/h1-5H,20H2. The Morgan fingerprint density at radius 2 is 1.76 bits per heavy atom. The first-order valence-corrected chi connectivity index (χ1v) is 6.24. The minimum absolute atomic E-state index is 0.115. The van der Waals surface area contributed by atoms with Crippen molar-refractivity contribution in [1.29, 1.82) is 0 Å². The van der Waals surface area contributed by atoms with Crippen LogP contribution in [0, 0.1) is 5.82 Å². The lowest BCUT2D eigenvalue weighted by molar-refractivity contribution is -0.137. The van der Waals surface area contributed by atoms with E-state index in [-0.39, 0.29) is 22.2 Å².